The molecule has 0 fully saturated rings. The lowest BCUT2D eigenvalue weighted by Gasteiger charge is -2.42. The van der Waals surface area contributed by atoms with Gasteiger partial charge in [-0.1, -0.05) is 44.0 Å². The molecule has 58 heavy (non-hydrogen) atoms. The summed E-state index contributed by atoms with van der Waals surface area (Å²) in [6.45, 7) is 0. The third-order valence-corrected chi connectivity index (χ3v) is 8.57. The Morgan fingerprint density at radius 2 is 0.448 bits per heavy atom. The third-order valence-electron chi connectivity index (χ3n) is 7.59. The first kappa shape index (κ1) is 51.4. The summed E-state index contributed by atoms with van der Waals surface area (Å²) in [5, 5.41) is 0. The minimum atomic E-state index is -8.96. The van der Waals surface area contributed by atoms with E-state index in [0.717, 1.165) is 0 Å². The molecular formula is C26H6Br2F30. The van der Waals surface area contributed by atoms with Gasteiger partial charge in [0.2, 0.25) is 0 Å². The van der Waals surface area contributed by atoms with E-state index in [1.54, 1.807) is 0 Å². The first-order valence-corrected chi connectivity index (χ1v) is 14.9. The Labute approximate surface area is 314 Å². The first-order chi connectivity index (χ1) is 25.0. The van der Waals surface area contributed by atoms with Gasteiger partial charge in [-0.05, 0) is 35.4 Å². The van der Waals surface area contributed by atoms with Crippen molar-refractivity contribution in [2.45, 2.75) is 83.4 Å². The highest BCUT2D eigenvalue weighted by atomic mass is 79.9. The number of halogens is 32. The molecule has 0 aliphatic carbocycles. The minimum Gasteiger partial charge on any atom is -0.194 e. The molecule has 0 aromatic heterocycles. The maximum absolute atomic E-state index is 15.4. The zero-order valence-electron chi connectivity index (χ0n) is 25.6. The Balaban J connectivity index is 3.06. The van der Waals surface area contributed by atoms with Crippen molar-refractivity contribution < 1.29 is 132 Å². The molecule has 0 saturated heterocycles. The number of benzene rings is 2. The molecule has 2 aromatic rings. The Bertz CT molecular complexity index is 1720. The lowest BCUT2D eigenvalue weighted by Crippen LogP contribution is -2.72. The van der Waals surface area contributed by atoms with Gasteiger partial charge in [0, 0.05) is 20.1 Å². The molecule has 32 heteroatoms. The fourth-order valence-corrected chi connectivity index (χ4v) is 5.02. The van der Waals surface area contributed by atoms with Crippen LogP contribution in [0.15, 0.2) is 45.3 Å². The molecule has 0 saturated carbocycles. The van der Waals surface area contributed by atoms with Crippen molar-refractivity contribution in [3.63, 3.8) is 0 Å². The standard InChI is InChI=1S/C26H6Br2F30/c27-7-1-3-9(11(5-7)13(29,30)15(33,34)17(37,38)19(41,42)21(45,46)23(49,50)25(53,54)55)10-4-2-8(28)6-12(10)14(31,32)16(35,36)18(39,40)20(43,44)22(47,48)24(51,52)26(56,57)58/h1-6H. The molecule has 0 heterocycles. The summed E-state index contributed by atoms with van der Waals surface area (Å²) >= 11 is 4.13. The normalized spacial score (nSPS) is 15.9. The molecule has 0 atom stereocenters. The number of hydrogen-bond donors (Lipinski definition) is 0. The van der Waals surface area contributed by atoms with Crippen LogP contribution in [0.25, 0.3) is 11.1 Å². The average Bonchev–Trinajstić information content (AvgIpc) is 3.02. The zero-order valence-corrected chi connectivity index (χ0v) is 28.7. The molecule has 334 valence electrons. The van der Waals surface area contributed by atoms with Gasteiger partial charge in [0.15, 0.2) is 0 Å². The van der Waals surface area contributed by atoms with Gasteiger partial charge in [0.1, 0.15) is 0 Å². The van der Waals surface area contributed by atoms with E-state index in [1.165, 1.54) is 0 Å². The smallest absolute Gasteiger partial charge is 0.194 e. The lowest BCUT2D eigenvalue weighted by atomic mass is 9.82. The minimum absolute atomic E-state index is 0.0163. The van der Waals surface area contributed by atoms with Crippen LogP contribution in [0.3, 0.4) is 0 Å². The summed E-state index contributed by atoms with van der Waals surface area (Å²) in [5.74, 6) is -103. The van der Waals surface area contributed by atoms with Crippen LogP contribution < -0.4 is 0 Å². The largest absolute Gasteiger partial charge is 0.460 e. The van der Waals surface area contributed by atoms with Gasteiger partial charge >= 0.3 is 83.4 Å². The maximum Gasteiger partial charge on any atom is 0.460 e. The molecule has 0 nitrogen and oxygen atoms in total. The molecule has 0 aliphatic rings. The van der Waals surface area contributed by atoms with Crippen LogP contribution in [0.5, 0.6) is 0 Å². The van der Waals surface area contributed by atoms with Crippen molar-refractivity contribution in [1.82, 2.24) is 0 Å². The van der Waals surface area contributed by atoms with Gasteiger partial charge in [-0.3, -0.25) is 0 Å². The summed E-state index contributed by atoms with van der Waals surface area (Å²) in [4.78, 5) is 0. The van der Waals surface area contributed by atoms with Crippen LogP contribution in [-0.2, 0) is 11.8 Å². The topological polar surface area (TPSA) is 0 Å². The molecule has 2 aromatic carbocycles. The van der Waals surface area contributed by atoms with Crippen molar-refractivity contribution >= 4 is 31.9 Å². The Hall–Kier alpha value is -2.70. The highest BCUT2D eigenvalue weighted by Crippen LogP contribution is 2.67. The summed E-state index contributed by atoms with van der Waals surface area (Å²) in [6, 6.07) is -2.74. The van der Waals surface area contributed by atoms with Crippen molar-refractivity contribution in [3.05, 3.63) is 56.5 Å². The Morgan fingerprint density at radius 3 is 0.655 bits per heavy atom. The molecule has 0 bridgehead atoms. The number of alkyl halides is 30. The van der Waals surface area contributed by atoms with Crippen LogP contribution in [0.1, 0.15) is 11.1 Å². The van der Waals surface area contributed by atoms with E-state index in [-0.39, 0.29) is 12.1 Å². The Kier molecular flexibility index (Phi) is 12.3. The molecule has 0 N–H and O–H groups in total. The SMILES string of the molecule is FC(F)(F)C(F)(F)C(F)(F)C(F)(F)C(F)(F)C(F)(F)C(F)(F)c1cc(Br)ccc1-c1ccc(Br)cc1C(F)(F)C(F)(F)C(F)(F)C(F)(F)C(F)(F)C(F)(F)C(F)(F)F. The van der Waals surface area contributed by atoms with E-state index in [2.05, 4.69) is 31.9 Å². The molecule has 0 amide bonds. The number of rotatable bonds is 13. The van der Waals surface area contributed by atoms with E-state index in [4.69, 9.17) is 0 Å². The van der Waals surface area contributed by atoms with Crippen LogP contribution in [-0.4, -0.2) is 71.6 Å². The summed E-state index contributed by atoms with van der Waals surface area (Å²) in [7, 11) is 0. The van der Waals surface area contributed by atoms with E-state index in [1.807, 2.05) is 0 Å². The van der Waals surface area contributed by atoms with Crippen LogP contribution in [0.4, 0.5) is 132 Å². The summed E-state index contributed by atoms with van der Waals surface area (Å²) in [5.41, 5.74) is -12.1. The van der Waals surface area contributed by atoms with Crippen molar-refractivity contribution in [1.29, 1.82) is 0 Å². The monoisotopic (exact) mass is 1050 g/mol. The van der Waals surface area contributed by atoms with Crippen LogP contribution in [0.2, 0.25) is 0 Å². The predicted octanol–water partition coefficient (Wildman–Crippen LogP) is 14.5. The van der Waals surface area contributed by atoms with E-state index < -0.39 is 139 Å². The molecular weight excluding hydrogens is 1040 g/mol. The highest BCUT2D eigenvalue weighted by molar-refractivity contribution is 9.10. The van der Waals surface area contributed by atoms with Gasteiger partial charge in [-0.15, -0.1) is 0 Å². The van der Waals surface area contributed by atoms with Crippen LogP contribution >= 0.6 is 31.9 Å². The van der Waals surface area contributed by atoms with Crippen molar-refractivity contribution in [3.8, 4) is 11.1 Å². The second-order valence-corrected chi connectivity index (χ2v) is 13.1. The molecule has 0 radical (unpaired) electrons. The fraction of sp³-hybridized carbons (Fsp3) is 0.538. The van der Waals surface area contributed by atoms with Gasteiger partial charge < -0.3 is 0 Å². The molecule has 2 rings (SSSR count). The van der Waals surface area contributed by atoms with Gasteiger partial charge in [0.05, 0.1) is 0 Å². The van der Waals surface area contributed by atoms with Gasteiger partial charge in [-0.2, -0.15) is 132 Å². The molecule has 0 unspecified atom stereocenters. The quantitative estimate of drug-likeness (QED) is 0.175. The van der Waals surface area contributed by atoms with Gasteiger partial charge in [-0.25, -0.2) is 0 Å². The number of hydrogen-bond acceptors (Lipinski definition) is 0. The second-order valence-electron chi connectivity index (χ2n) is 11.3. The van der Waals surface area contributed by atoms with E-state index in [9.17, 15) is 114 Å². The van der Waals surface area contributed by atoms with E-state index >= 15 is 17.6 Å². The van der Waals surface area contributed by atoms with Crippen molar-refractivity contribution in [2.75, 3.05) is 0 Å². The maximum atomic E-state index is 15.4. The zero-order chi connectivity index (χ0) is 46.7. The summed E-state index contributed by atoms with van der Waals surface area (Å²) < 4.78 is 414. The first-order valence-electron chi connectivity index (χ1n) is 13.3. The van der Waals surface area contributed by atoms with Crippen LogP contribution in [0, 0.1) is 0 Å². The third kappa shape index (κ3) is 6.72. The summed E-state index contributed by atoms with van der Waals surface area (Å²) in [6.07, 6.45) is -16.1. The molecule has 0 aliphatic heterocycles. The predicted molar refractivity (Wildman–Crippen MR) is 137 cm³/mol. The fourth-order valence-electron chi connectivity index (χ4n) is 4.29. The average molecular weight is 1050 g/mol. The Morgan fingerprint density at radius 1 is 0.259 bits per heavy atom. The van der Waals surface area contributed by atoms with Crippen molar-refractivity contribution in [2.24, 2.45) is 0 Å². The van der Waals surface area contributed by atoms with E-state index in [0.29, 0.717) is 0 Å². The van der Waals surface area contributed by atoms with Gasteiger partial charge in [0.25, 0.3) is 0 Å². The lowest BCUT2D eigenvalue weighted by molar-refractivity contribution is -0.453. The second kappa shape index (κ2) is 13.9. The molecule has 0 spiro atoms. The highest BCUT2D eigenvalue weighted by Gasteiger charge is 2.95.